The highest BCUT2D eigenvalue weighted by atomic mass is 35.5. The van der Waals surface area contributed by atoms with Gasteiger partial charge in [0.25, 0.3) is 5.91 Å². The Morgan fingerprint density at radius 1 is 1.12 bits per heavy atom. The minimum Gasteiger partial charge on any atom is -0.508 e. The summed E-state index contributed by atoms with van der Waals surface area (Å²) in [6, 6.07) is 3.80. The van der Waals surface area contributed by atoms with E-state index >= 15 is 0 Å². The van der Waals surface area contributed by atoms with Crippen LogP contribution in [0, 0.1) is 0 Å². The van der Waals surface area contributed by atoms with Crippen molar-refractivity contribution in [3.8, 4) is 11.5 Å². The van der Waals surface area contributed by atoms with Crippen molar-refractivity contribution in [1.29, 1.82) is 0 Å². The molecule has 1 aromatic rings. The lowest BCUT2D eigenvalue weighted by Crippen LogP contribution is -2.24. The van der Waals surface area contributed by atoms with Crippen LogP contribution in [0.1, 0.15) is 29.6 Å². The summed E-state index contributed by atoms with van der Waals surface area (Å²) in [5.41, 5.74) is 0.250. The zero-order valence-corrected chi connectivity index (χ0v) is 10.2. The Morgan fingerprint density at radius 3 is 2.35 bits per heavy atom. The number of halogens is 1. The number of phenolic OH excluding ortho intramolecular Hbond substituents is 2. The maximum Gasteiger partial charge on any atom is 0.251 e. The van der Waals surface area contributed by atoms with Crippen molar-refractivity contribution in [3.05, 3.63) is 23.8 Å². The number of hydrogen-bond acceptors (Lipinski definition) is 3. The first-order valence-electron chi connectivity index (χ1n) is 5.50. The predicted octanol–water partition coefficient (Wildman–Crippen LogP) is 2.24. The van der Waals surface area contributed by atoms with E-state index in [4.69, 9.17) is 11.6 Å². The van der Waals surface area contributed by atoms with Gasteiger partial charge >= 0.3 is 0 Å². The largest absolute Gasteiger partial charge is 0.508 e. The SMILES string of the molecule is O=C(NCCCCCCl)c1cc(O)cc(O)c1. The molecular formula is C12H16ClNO3. The molecule has 0 aliphatic rings. The van der Waals surface area contributed by atoms with Gasteiger partial charge in [0.15, 0.2) is 0 Å². The molecule has 0 atom stereocenters. The average molecular weight is 258 g/mol. The number of benzene rings is 1. The van der Waals surface area contributed by atoms with Crippen LogP contribution in [0.25, 0.3) is 0 Å². The lowest BCUT2D eigenvalue weighted by atomic mass is 10.2. The van der Waals surface area contributed by atoms with Gasteiger partial charge in [-0.15, -0.1) is 11.6 Å². The molecule has 0 aliphatic carbocycles. The van der Waals surface area contributed by atoms with Gasteiger partial charge in [0.1, 0.15) is 11.5 Å². The maximum absolute atomic E-state index is 11.6. The Hall–Kier alpha value is -1.42. The minimum atomic E-state index is -0.304. The maximum atomic E-state index is 11.6. The van der Waals surface area contributed by atoms with Crippen molar-refractivity contribution in [2.45, 2.75) is 19.3 Å². The molecule has 0 heterocycles. The summed E-state index contributed by atoms with van der Waals surface area (Å²) in [6.07, 6.45) is 2.77. The zero-order chi connectivity index (χ0) is 12.7. The normalized spacial score (nSPS) is 10.2. The molecule has 0 spiro atoms. The third-order valence-corrected chi connectivity index (χ3v) is 2.53. The van der Waals surface area contributed by atoms with Crippen LogP contribution in [0.5, 0.6) is 11.5 Å². The van der Waals surface area contributed by atoms with Crippen LogP contribution in [0.4, 0.5) is 0 Å². The molecule has 0 bridgehead atoms. The molecule has 0 radical (unpaired) electrons. The molecule has 1 rings (SSSR count). The molecule has 0 saturated carbocycles. The van der Waals surface area contributed by atoms with Gasteiger partial charge in [0.2, 0.25) is 0 Å². The topological polar surface area (TPSA) is 69.6 Å². The molecule has 0 unspecified atom stereocenters. The first kappa shape index (κ1) is 13.6. The standard InChI is InChI=1S/C12H16ClNO3/c13-4-2-1-3-5-14-12(17)9-6-10(15)8-11(16)7-9/h6-8,15-16H,1-5H2,(H,14,17). The van der Waals surface area contributed by atoms with Crippen LogP contribution in [0.2, 0.25) is 0 Å². The third kappa shape index (κ3) is 4.95. The minimum absolute atomic E-state index is 0.128. The second-order valence-corrected chi connectivity index (χ2v) is 4.12. The fraction of sp³-hybridized carbons (Fsp3) is 0.417. The number of carbonyl (C=O) groups is 1. The number of alkyl halides is 1. The van der Waals surface area contributed by atoms with Gasteiger partial charge in [0, 0.05) is 24.1 Å². The smallest absolute Gasteiger partial charge is 0.251 e. The highest BCUT2D eigenvalue weighted by molar-refractivity contribution is 6.17. The molecule has 1 aromatic carbocycles. The highest BCUT2D eigenvalue weighted by Crippen LogP contribution is 2.20. The average Bonchev–Trinajstić information content (AvgIpc) is 2.27. The van der Waals surface area contributed by atoms with Crippen molar-refractivity contribution < 1.29 is 15.0 Å². The Kier molecular flexibility index (Phi) is 5.63. The third-order valence-electron chi connectivity index (χ3n) is 2.26. The van der Waals surface area contributed by atoms with Crippen molar-refractivity contribution in [3.63, 3.8) is 0 Å². The Bertz CT molecular complexity index is 362. The van der Waals surface area contributed by atoms with Gasteiger partial charge in [-0.25, -0.2) is 0 Å². The van der Waals surface area contributed by atoms with E-state index in [9.17, 15) is 15.0 Å². The molecule has 5 heteroatoms. The van der Waals surface area contributed by atoms with Crippen LogP contribution in [0.15, 0.2) is 18.2 Å². The molecule has 4 nitrogen and oxygen atoms in total. The second-order valence-electron chi connectivity index (χ2n) is 3.74. The fourth-order valence-corrected chi connectivity index (χ4v) is 1.62. The second kappa shape index (κ2) is 7.01. The molecule has 3 N–H and O–H groups in total. The molecule has 1 amide bonds. The number of hydrogen-bond donors (Lipinski definition) is 3. The first-order valence-corrected chi connectivity index (χ1v) is 6.04. The van der Waals surface area contributed by atoms with E-state index < -0.39 is 0 Å². The van der Waals surface area contributed by atoms with Crippen molar-refractivity contribution in [1.82, 2.24) is 5.32 Å². The van der Waals surface area contributed by atoms with Gasteiger partial charge in [-0.05, 0) is 25.0 Å². The van der Waals surface area contributed by atoms with E-state index in [1.54, 1.807) is 0 Å². The van der Waals surface area contributed by atoms with Gasteiger partial charge in [0.05, 0.1) is 0 Å². The lowest BCUT2D eigenvalue weighted by Gasteiger charge is -2.05. The molecule has 0 aromatic heterocycles. The van der Waals surface area contributed by atoms with E-state index in [0.717, 1.165) is 19.3 Å². The quantitative estimate of drug-likeness (QED) is 0.541. The van der Waals surface area contributed by atoms with Crippen molar-refractivity contribution in [2.24, 2.45) is 0 Å². The summed E-state index contributed by atoms with van der Waals surface area (Å²) in [5.74, 6) is 0.0747. The van der Waals surface area contributed by atoms with Gasteiger partial charge < -0.3 is 15.5 Å². The summed E-state index contributed by atoms with van der Waals surface area (Å²) >= 11 is 5.53. The number of aromatic hydroxyl groups is 2. The summed E-state index contributed by atoms with van der Waals surface area (Å²) in [6.45, 7) is 0.562. The van der Waals surface area contributed by atoms with E-state index in [2.05, 4.69) is 5.32 Å². The van der Waals surface area contributed by atoms with Crippen LogP contribution in [0.3, 0.4) is 0 Å². The van der Waals surface area contributed by atoms with Crippen LogP contribution in [-0.4, -0.2) is 28.5 Å². The monoisotopic (exact) mass is 257 g/mol. The predicted molar refractivity (Wildman–Crippen MR) is 66.7 cm³/mol. The highest BCUT2D eigenvalue weighted by Gasteiger charge is 2.07. The Labute approximate surface area is 105 Å². The van der Waals surface area contributed by atoms with Crippen LogP contribution < -0.4 is 5.32 Å². The summed E-state index contributed by atoms with van der Waals surface area (Å²) < 4.78 is 0. The van der Waals surface area contributed by atoms with Gasteiger partial charge in [-0.2, -0.15) is 0 Å². The molecule has 0 aliphatic heterocycles. The summed E-state index contributed by atoms with van der Waals surface area (Å²) in [5, 5.41) is 21.2. The molecule has 17 heavy (non-hydrogen) atoms. The summed E-state index contributed by atoms with van der Waals surface area (Å²) in [4.78, 5) is 11.6. The molecule has 94 valence electrons. The first-order chi connectivity index (χ1) is 8.13. The van der Waals surface area contributed by atoms with Gasteiger partial charge in [-0.1, -0.05) is 6.42 Å². The van der Waals surface area contributed by atoms with E-state index in [-0.39, 0.29) is 23.0 Å². The van der Waals surface area contributed by atoms with E-state index in [0.29, 0.717) is 12.4 Å². The molecule has 0 fully saturated rings. The number of rotatable bonds is 6. The fourth-order valence-electron chi connectivity index (χ4n) is 1.43. The summed E-state index contributed by atoms with van der Waals surface area (Å²) in [7, 11) is 0. The Balaban J connectivity index is 2.41. The number of phenols is 2. The Morgan fingerprint density at radius 2 is 1.76 bits per heavy atom. The van der Waals surface area contributed by atoms with E-state index in [1.165, 1.54) is 18.2 Å². The van der Waals surface area contributed by atoms with Crippen molar-refractivity contribution >= 4 is 17.5 Å². The lowest BCUT2D eigenvalue weighted by molar-refractivity contribution is 0.0952. The number of nitrogens with one attached hydrogen (secondary N) is 1. The molecule has 0 saturated heterocycles. The number of carbonyl (C=O) groups excluding carboxylic acids is 1. The van der Waals surface area contributed by atoms with Crippen molar-refractivity contribution in [2.75, 3.05) is 12.4 Å². The zero-order valence-electron chi connectivity index (χ0n) is 9.45. The van der Waals surface area contributed by atoms with E-state index in [1.807, 2.05) is 0 Å². The van der Waals surface area contributed by atoms with Gasteiger partial charge in [-0.3, -0.25) is 4.79 Å². The van der Waals surface area contributed by atoms with Crippen LogP contribution in [-0.2, 0) is 0 Å². The number of amides is 1. The molecular weight excluding hydrogens is 242 g/mol. The van der Waals surface area contributed by atoms with Crippen LogP contribution >= 0.6 is 11.6 Å². The number of unbranched alkanes of at least 4 members (excludes halogenated alkanes) is 2.